The van der Waals surface area contributed by atoms with Crippen LogP contribution in [0, 0.1) is 12.7 Å². The van der Waals surface area contributed by atoms with E-state index in [1.54, 1.807) is 43.3 Å². The van der Waals surface area contributed by atoms with E-state index in [9.17, 15) is 22.4 Å². The summed E-state index contributed by atoms with van der Waals surface area (Å²) in [5.41, 5.74) is 1.76. The molecule has 0 heterocycles. The second-order valence-electron chi connectivity index (χ2n) is 8.36. The molecule has 7 nitrogen and oxygen atoms in total. The topological polar surface area (TPSA) is 86.8 Å². The van der Waals surface area contributed by atoms with E-state index < -0.39 is 21.9 Å². The smallest absolute Gasteiger partial charge is 0.242 e. The lowest BCUT2D eigenvalue weighted by Gasteiger charge is -2.29. The molecule has 0 bridgehead atoms. The van der Waals surface area contributed by atoms with Crippen molar-refractivity contribution in [3.63, 3.8) is 0 Å². The fraction of sp³-hybridized carbons (Fsp3) is 0.440. The molecule has 0 aromatic heterocycles. The Morgan fingerprint density at radius 1 is 1.12 bits per heavy atom. The van der Waals surface area contributed by atoms with Gasteiger partial charge in [0.1, 0.15) is 11.9 Å². The molecule has 34 heavy (non-hydrogen) atoms. The van der Waals surface area contributed by atoms with Crippen LogP contribution >= 0.6 is 0 Å². The Kier molecular flexibility index (Phi) is 10.0. The predicted molar refractivity (Wildman–Crippen MR) is 132 cm³/mol. The zero-order valence-corrected chi connectivity index (χ0v) is 21.1. The molecular weight excluding hydrogens is 457 g/mol. The number of halogens is 1. The Balaban J connectivity index is 2.16. The zero-order valence-electron chi connectivity index (χ0n) is 20.3. The van der Waals surface area contributed by atoms with Crippen molar-refractivity contribution in [2.75, 3.05) is 23.7 Å². The number of anilines is 1. The number of aryl methyl sites for hydroxylation is 1. The summed E-state index contributed by atoms with van der Waals surface area (Å²) in [5.74, 6) is -1.12. The normalized spacial score (nSPS) is 12.1. The van der Waals surface area contributed by atoms with Gasteiger partial charge in [-0.3, -0.25) is 13.9 Å². The van der Waals surface area contributed by atoms with Crippen molar-refractivity contribution >= 4 is 27.5 Å². The van der Waals surface area contributed by atoms with E-state index >= 15 is 0 Å². The van der Waals surface area contributed by atoms with Crippen LogP contribution in [0.2, 0.25) is 0 Å². The molecule has 0 aliphatic heterocycles. The zero-order chi connectivity index (χ0) is 25.3. The van der Waals surface area contributed by atoms with Gasteiger partial charge >= 0.3 is 0 Å². The number of rotatable bonds is 12. The highest BCUT2D eigenvalue weighted by Gasteiger charge is 2.27. The van der Waals surface area contributed by atoms with Crippen LogP contribution in [0.3, 0.4) is 0 Å². The van der Waals surface area contributed by atoms with Gasteiger partial charge in [0, 0.05) is 31.6 Å². The summed E-state index contributed by atoms with van der Waals surface area (Å²) in [7, 11) is -3.55. The maximum absolute atomic E-state index is 14.3. The maximum Gasteiger partial charge on any atom is 0.242 e. The molecule has 2 aromatic rings. The van der Waals surface area contributed by atoms with E-state index in [0.717, 1.165) is 18.2 Å². The summed E-state index contributed by atoms with van der Waals surface area (Å²) < 4.78 is 40.3. The number of carbonyl (C=O) groups is 2. The summed E-state index contributed by atoms with van der Waals surface area (Å²) in [5, 5.41) is 2.77. The molecule has 0 spiro atoms. The van der Waals surface area contributed by atoms with Crippen molar-refractivity contribution in [3.8, 4) is 0 Å². The Labute approximate surface area is 202 Å². The summed E-state index contributed by atoms with van der Waals surface area (Å²) in [6, 6.07) is 12.5. The standard InChI is InChI=1S/C25H34FN3O4S/c1-5-15-27-25(31)20(3)28(18-21-11-6-7-13-23(21)26)24(30)14-9-16-29(34(4,32)33)22-12-8-10-19(2)17-22/h6-8,10-13,17,20H,5,9,14-16,18H2,1-4H3,(H,27,31). The average molecular weight is 492 g/mol. The van der Waals surface area contributed by atoms with E-state index in [1.807, 2.05) is 19.9 Å². The number of amides is 2. The van der Waals surface area contributed by atoms with Gasteiger partial charge in [-0.2, -0.15) is 0 Å². The summed E-state index contributed by atoms with van der Waals surface area (Å²) in [6.45, 7) is 5.94. The third kappa shape index (κ3) is 7.83. The fourth-order valence-corrected chi connectivity index (χ4v) is 4.53. The van der Waals surface area contributed by atoms with Gasteiger partial charge in [0.15, 0.2) is 0 Å². The second kappa shape index (κ2) is 12.5. The van der Waals surface area contributed by atoms with Crippen molar-refractivity contribution in [2.45, 2.75) is 52.6 Å². The first kappa shape index (κ1) is 27.3. The van der Waals surface area contributed by atoms with Gasteiger partial charge in [-0.05, 0) is 50.5 Å². The summed E-state index contributed by atoms with van der Waals surface area (Å²) >= 11 is 0. The lowest BCUT2D eigenvalue weighted by molar-refractivity contribution is -0.140. The van der Waals surface area contributed by atoms with Gasteiger partial charge in [0.25, 0.3) is 0 Å². The third-order valence-electron chi connectivity index (χ3n) is 5.46. The number of hydrogen-bond acceptors (Lipinski definition) is 4. The molecule has 0 saturated carbocycles. The second-order valence-corrected chi connectivity index (χ2v) is 10.3. The Bertz CT molecular complexity index is 1090. The molecule has 1 N–H and O–H groups in total. The highest BCUT2D eigenvalue weighted by Crippen LogP contribution is 2.20. The molecular formula is C25H34FN3O4S. The molecule has 1 unspecified atom stereocenters. The molecule has 0 aliphatic rings. The molecule has 2 rings (SSSR count). The molecule has 1 atom stereocenters. The number of sulfonamides is 1. The van der Waals surface area contributed by atoms with Crippen LogP contribution in [0.1, 0.15) is 44.2 Å². The van der Waals surface area contributed by atoms with Crippen molar-refractivity contribution in [3.05, 3.63) is 65.5 Å². The SMILES string of the molecule is CCCNC(=O)C(C)N(Cc1ccccc1F)C(=O)CCCN(c1cccc(C)c1)S(C)(=O)=O. The van der Waals surface area contributed by atoms with Gasteiger partial charge in [-0.1, -0.05) is 37.3 Å². The fourth-order valence-electron chi connectivity index (χ4n) is 3.58. The minimum absolute atomic E-state index is 0.0116. The van der Waals surface area contributed by atoms with E-state index in [2.05, 4.69) is 5.32 Å². The first-order chi connectivity index (χ1) is 16.0. The first-order valence-corrected chi connectivity index (χ1v) is 13.2. The molecule has 0 fully saturated rings. The van der Waals surface area contributed by atoms with Crippen LogP contribution < -0.4 is 9.62 Å². The Morgan fingerprint density at radius 3 is 2.44 bits per heavy atom. The van der Waals surface area contributed by atoms with Crippen LogP contribution in [-0.2, 0) is 26.2 Å². The van der Waals surface area contributed by atoms with Crippen molar-refractivity contribution in [1.29, 1.82) is 0 Å². The highest BCUT2D eigenvalue weighted by molar-refractivity contribution is 7.92. The molecule has 2 aromatic carbocycles. The minimum atomic E-state index is -3.55. The summed E-state index contributed by atoms with van der Waals surface area (Å²) in [4.78, 5) is 27.1. The molecule has 2 amide bonds. The van der Waals surface area contributed by atoms with Crippen LogP contribution in [0.5, 0.6) is 0 Å². The van der Waals surface area contributed by atoms with Gasteiger partial charge in [-0.15, -0.1) is 0 Å². The molecule has 9 heteroatoms. The number of nitrogens with one attached hydrogen (secondary N) is 1. The Morgan fingerprint density at radius 2 is 1.82 bits per heavy atom. The molecule has 0 saturated heterocycles. The number of carbonyl (C=O) groups excluding carboxylic acids is 2. The van der Waals surface area contributed by atoms with E-state index in [4.69, 9.17) is 0 Å². The van der Waals surface area contributed by atoms with E-state index in [1.165, 1.54) is 15.3 Å². The van der Waals surface area contributed by atoms with Crippen molar-refractivity contribution in [1.82, 2.24) is 10.2 Å². The minimum Gasteiger partial charge on any atom is -0.354 e. The van der Waals surface area contributed by atoms with Crippen LogP contribution in [-0.4, -0.2) is 50.5 Å². The van der Waals surface area contributed by atoms with Crippen molar-refractivity contribution in [2.24, 2.45) is 0 Å². The predicted octanol–water partition coefficient (Wildman–Crippen LogP) is 3.62. The maximum atomic E-state index is 14.3. The first-order valence-electron chi connectivity index (χ1n) is 11.4. The number of benzene rings is 2. The average Bonchev–Trinajstić information content (AvgIpc) is 2.78. The molecule has 0 aliphatic carbocycles. The van der Waals surface area contributed by atoms with Crippen LogP contribution in [0.4, 0.5) is 10.1 Å². The highest BCUT2D eigenvalue weighted by atomic mass is 32.2. The van der Waals surface area contributed by atoms with E-state index in [-0.39, 0.29) is 37.7 Å². The largest absolute Gasteiger partial charge is 0.354 e. The lowest BCUT2D eigenvalue weighted by Crippen LogP contribution is -2.48. The third-order valence-corrected chi connectivity index (χ3v) is 6.65. The van der Waals surface area contributed by atoms with Crippen LogP contribution in [0.25, 0.3) is 0 Å². The van der Waals surface area contributed by atoms with Gasteiger partial charge in [-0.25, -0.2) is 12.8 Å². The van der Waals surface area contributed by atoms with Gasteiger partial charge in [0.05, 0.1) is 11.9 Å². The summed E-state index contributed by atoms with van der Waals surface area (Å²) in [6.07, 6.45) is 2.14. The molecule has 186 valence electrons. The Hall–Kier alpha value is -2.94. The number of nitrogens with zero attached hydrogens (tertiary/aromatic N) is 2. The quantitative estimate of drug-likeness (QED) is 0.491. The van der Waals surface area contributed by atoms with Gasteiger partial charge in [0.2, 0.25) is 21.8 Å². The van der Waals surface area contributed by atoms with Crippen molar-refractivity contribution < 1.29 is 22.4 Å². The lowest BCUT2D eigenvalue weighted by atomic mass is 10.1. The molecule has 0 radical (unpaired) electrons. The van der Waals surface area contributed by atoms with E-state index in [0.29, 0.717) is 17.8 Å². The monoisotopic (exact) mass is 491 g/mol. The number of hydrogen-bond donors (Lipinski definition) is 1. The van der Waals surface area contributed by atoms with Crippen LogP contribution in [0.15, 0.2) is 48.5 Å². The van der Waals surface area contributed by atoms with Gasteiger partial charge < -0.3 is 10.2 Å².